The average Bonchev–Trinajstić information content (AvgIpc) is 3.39. The Kier molecular flexibility index (Phi) is 5.12. The molecule has 1 N–H and O–H groups in total. The highest BCUT2D eigenvalue weighted by atomic mass is 16.1. The summed E-state index contributed by atoms with van der Waals surface area (Å²) >= 11 is 0. The Bertz CT molecular complexity index is 1220. The molecule has 0 saturated heterocycles. The molecule has 7 nitrogen and oxygen atoms in total. The molecule has 0 aliphatic heterocycles. The fraction of sp³-hybridized carbons (Fsp3) is 0.400. The smallest absolute Gasteiger partial charge is 0.192 e. The van der Waals surface area contributed by atoms with Gasteiger partial charge in [0.15, 0.2) is 11.6 Å². The first-order chi connectivity index (χ1) is 15.5. The normalized spacial score (nSPS) is 23.2. The van der Waals surface area contributed by atoms with Crippen molar-refractivity contribution >= 4 is 17.3 Å². The number of allylic oxidation sites excluding steroid dienone is 4. The summed E-state index contributed by atoms with van der Waals surface area (Å²) in [6.45, 7) is 4.05. The molecule has 3 aliphatic rings. The van der Waals surface area contributed by atoms with Gasteiger partial charge in [0, 0.05) is 41.8 Å². The molecule has 2 aromatic rings. The molecule has 3 aliphatic carbocycles. The van der Waals surface area contributed by atoms with E-state index in [1.54, 1.807) is 23.4 Å². The fourth-order valence-corrected chi connectivity index (χ4v) is 5.48. The quantitative estimate of drug-likeness (QED) is 0.753. The number of Topliss-reactive ketones (excluding diaryl/α,β-unsaturated/α-hetero) is 1. The van der Waals surface area contributed by atoms with E-state index in [-0.39, 0.29) is 17.5 Å². The van der Waals surface area contributed by atoms with Gasteiger partial charge in [-0.3, -0.25) is 9.59 Å². The van der Waals surface area contributed by atoms with Crippen molar-refractivity contribution in [3.05, 3.63) is 69.5 Å². The van der Waals surface area contributed by atoms with E-state index in [1.165, 1.54) is 0 Å². The number of hydrogen-bond acceptors (Lipinski definition) is 6. The van der Waals surface area contributed by atoms with Gasteiger partial charge < -0.3 is 5.32 Å². The van der Waals surface area contributed by atoms with Gasteiger partial charge >= 0.3 is 0 Å². The first-order valence-corrected chi connectivity index (χ1v) is 11.2. The van der Waals surface area contributed by atoms with Crippen molar-refractivity contribution < 1.29 is 9.59 Å². The van der Waals surface area contributed by atoms with Gasteiger partial charge in [0.1, 0.15) is 12.7 Å². The third-order valence-corrected chi connectivity index (χ3v) is 6.89. The first kappa shape index (κ1) is 20.5. The van der Waals surface area contributed by atoms with Gasteiger partial charge in [0.2, 0.25) is 0 Å². The van der Waals surface area contributed by atoms with Crippen LogP contribution in [0, 0.1) is 6.92 Å². The van der Waals surface area contributed by atoms with Gasteiger partial charge in [-0.25, -0.2) is 4.68 Å². The van der Waals surface area contributed by atoms with Crippen molar-refractivity contribution in [2.45, 2.75) is 58.3 Å². The second-order valence-electron chi connectivity index (χ2n) is 8.84. The van der Waals surface area contributed by atoms with Crippen LogP contribution in [0.3, 0.4) is 0 Å². The maximum absolute atomic E-state index is 13.9. The van der Waals surface area contributed by atoms with Crippen LogP contribution in [0.4, 0.5) is 0 Å². The maximum Gasteiger partial charge on any atom is 0.192 e. The van der Waals surface area contributed by atoms with Crippen LogP contribution in [0.1, 0.15) is 77.6 Å². The van der Waals surface area contributed by atoms with E-state index in [0.29, 0.717) is 6.42 Å². The van der Waals surface area contributed by atoms with Crippen LogP contribution in [0.15, 0.2) is 46.7 Å². The number of rotatable bonds is 3. The van der Waals surface area contributed by atoms with E-state index in [2.05, 4.69) is 28.5 Å². The van der Waals surface area contributed by atoms with Crippen LogP contribution in [-0.4, -0.2) is 39.2 Å². The summed E-state index contributed by atoms with van der Waals surface area (Å²) in [6, 6.07) is 2.15. The van der Waals surface area contributed by atoms with Gasteiger partial charge in [0.25, 0.3) is 0 Å². The molecule has 32 heavy (non-hydrogen) atoms. The summed E-state index contributed by atoms with van der Waals surface area (Å²) in [7, 11) is 1.85. The molecule has 0 fully saturated rings. The topological polar surface area (TPSA) is 89.2 Å². The van der Waals surface area contributed by atoms with Crippen molar-refractivity contribution in [3.63, 3.8) is 0 Å². The third-order valence-electron chi connectivity index (χ3n) is 6.89. The molecule has 1 unspecified atom stereocenters. The monoisotopic (exact) mass is 429 g/mol. The predicted molar refractivity (Wildman–Crippen MR) is 122 cm³/mol. The molecule has 0 saturated carbocycles. The molecule has 1 aromatic carbocycles. The molecule has 1 atom stereocenters. The third kappa shape index (κ3) is 3.23. The van der Waals surface area contributed by atoms with Crippen LogP contribution in [0.25, 0.3) is 0 Å². The van der Waals surface area contributed by atoms with E-state index in [4.69, 9.17) is 5.10 Å². The molecule has 5 rings (SSSR count). The van der Waals surface area contributed by atoms with Crippen LogP contribution < -0.4 is 5.32 Å². The van der Waals surface area contributed by atoms with E-state index < -0.39 is 0 Å². The number of ketones is 2. The lowest BCUT2D eigenvalue weighted by molar-refractivity contribution is -0.115. The highest BCUT2D eigenvalue weighted by Gasteiger charge is 2.42. The Morgan fingerprint density at radius 1 is 1.09 bits per heavy atom. The lowest BCUT2D eigenvalue weighted by Gasteiger charge is -2.25. The molecule has 164 valence electrons. The number of hydrogen-bond donors (Lipinski definition) is 1. The Hall–Kier alpha value is -3.35. The lowest BCUT2D eigenvalue weighted by Crippen LogP contribution is -2.19. The molecule has 0 spiro atoms. The van der Waals surface area contributed by atoms with E-state index in [0.717, 1.165) is 82.5 Å². The average molecular weight is 430 g/mol. The summed E-state index contributed by atoms with van der Waals surface area (Å²) in [4.78, 5) is 26.1. The van der Waals surface area contributed by atoms with E-state index in [1.807, 2.05) is 14.0 Å². The minimum Gasteiger partial charge on any atom is -0.391 e. The molecule has 7 heteroatoms. The number of aromatic nitrogens is 3. The van der Waals surface area contributed by atoms with Crippen molar-refractivity contribution in [3.8, 4) is 0 Å². The molecule has 0 radical (unpaired) electrons. The number of fused-ring (bicyclic) bond motifs is 3. The molecule has 1 heterocycles. The Balaban J connectivity index is 1.74. The number of nitrogens with zero attached hydrogens (tertiary/aromatic N) is 4. The molecular formula is C25H27N5O2. The van der Waals surface area contributed by atoms with Crippen LogP contribution in [-0.2, 0) is 11.2 Å². The Morgan fingerprint density at radius 3 is 2.56 bits per heavy atom. The minimum absolute atomic E-state index is 0.0811. The van der Waals surface area contributed by atoms with Gasteiger partial charge in [-0.2, -0.15) is 5.10 Å². The van der Waals surface area contributed by atoms with Gasteiger partial charge in [-0.05, 0) is 68.7 Å². The van der Waals surface area contributed by atoms with Gasteiger partial charge in [0.05, 0.1) is 5.71 Å². The molecule has 0 amide bonds. The largest absolute Gasteiger partial charge is 0.391 e. The van der Waals surface area contributed by atoms with Crippen molar-refractivity contribution in [1.29, 1.82) is 0 Å². The summed E-state index contributed by atoms with van der Waals surface area (Å²) < 4.78 is 1.62. The number of nitrogens with one attached hydrogen (secondary N) is 1. The zero-order chi connectivity index (χ0) is 22.4. The summed E-state index contributed by atoms with van der Waals surface area (Å²) in [5.74, 6) is 0.0857. The predicted octanol–water partition coefficient (Wildman–Crippen LogP) is 3.63. The highest BCUT2D eigenvalue weighted by molar-refractivity contribution is 6.18. The zero-order valence-corrected chi connectivity index (χ0v) is 18.7. The van der Waals surface area contributed by atoms with Crippen LogP contribution in [0.5, 0.6) is 0 Å². The van der Waals surface area contributed by atoms with Crippen LogP contribution in [0.2, 0.25) is 0 Å². The Morgan fingerprint density at radius 2 is 1.84 bits per heavy atom. The van der Waals surface area contributed by atoms with Crippen molar-refractivity contribution in [2.24, 2.45) is 5.10 Å². The number of carbonyl (C=O) groups is 2. The zero-order valence-electron chi connectivity index (χ0n) is 18.7. The summed E-state index contributed by atoms with van der Waals surface area (Å²) in [5, 5.41) is 15.6. The fourth-order valence-electron chi connectivity index (χ4n) is 5.48. The molecule has 0 bridgehead atoms. The van der Waals surface area contributed by atoms with Crippen LogP contribution >= 0.6 is 0 Å². The number of carbonyl (C=O) groups excluding carboxylic acids is 2. The molecule has 1 aromatic heterocycles. The maximum atomic E-state index is 13.9. The van der Waals surface area contributed by atoms with E-state index in [9.17, 15) is 9.59 Å². The standard InChI is InChI=1S/C25H27N5O2/c1-14-10-19-23(16-6-4-7-17(31)11-16)22(15(2)26-3)25(32)24(19)18-8-5-9-20(21(14)18)29-30-12-27-28-13-30/h10-13,23,26H,4-9H2,1-3H3. The number of benzene rings is 1. The van der Waals surface area contributed by atoms with Gasteiger partial charge in [-0.1, -0.05) is 11.6 Å². The van der Waals surface area contributed by atoms with Gasteiger partial charge in [-0.15, -0.1) is 10.2 Å². The number of aryl methyl sites for hydroxylation is 1. The minimum atomic E-state index is -0.154. The molecular weight excluding hydrogens is 402 g/mol. The SMILES string of the molecule is CNC(C)=C1C(=O)c2c(cc(C)c3c2CCCC3=Nn2cnnc2)C1C1=CC(=O)CCC1. The van der Waals surface area contributed by atoms with Crippen molar-refractivity contribution in [2.75, 3.05) is 7.05 Å². The van der Waals surface area contributed by atoms with Crippen molar-refractivity contribution in [1.82, 2.24) is 20.2 Å². The Labute approximate surface area is 187 Å². The second-order valence-corrected chi connectivity index (χ2v) is 8.84. The summed E-state index contributed by atoms with van der Waals surface area (Å²) in [6.07, 6.45) is 9.86. The second kappa shape index (κ2) is 7.97. The highest BCUT2D eigenvalue weighted by Crippen LogP contribution is 2.48. The van der Waals surface area contributed by atoms with E-state index >= 15 is 0 Å². The first-order valence-electron chi connectivity index (χ1n) is 11.2. The lowest BCUT2D eigenvalue weighted by atomic mass is 9.79. The summed E-state index contributed by atoms with van der Waals surface area (Å²) in [5.41, 5.74) is 8.82.